The quantitative estimate of drug-likeness (QED) is 0.840. The number of carboxylic acids is 1. The Morgan fingerprint density at radius 2 is 2.20 bits per heavy atom. The molecule has 1 aromatic carbocycles. The summed E-state index contributed by atoms with van der Waals surface area (Å²) in [5.41, 5.74) is 0.735. The van der Waals surface area contributed by atoms with E-state index in [4.69, 9.17) is 16.3 Å². The van der Waals surface area contributed by atoms with Gasteiger partial charge in [0.15, 0.2) is 0 Å². The molecule has 0 aliphatic heterocycles. The average Bonchev–Trinajstić information content (AvgIpc) is 3.22. The Kier molecular flexibility index (Phi) is 4.49. The average molecular weight is 298 g/mol. The van der Waals surface area contributed by atoms with Crippen molar-refractivity contribution < 1.29 is 19.4 Å². The molecule has 5 nitrogen and oxygen atoms in total. The number of methoxy groups -OCH3 is 1. The Hall–Kier alpha value is -1.75. The second-order valence-corrected chi connectivity index (χ2v) is 5.25. The normalized spacial score (nSPS) is 15.5. The molecular formula is C14H16ClNO4. The summed E-state index contributed by atoms with van der Waals surface area (Å²) in [6.45, 7) is 0. The first-order valence-corrected chi connectivity index (χ1v) is 6.74. The molecule has 1 amide bonds. The summed E-state index contributed by atoms with van der Waals surface area (Å²) >= 11 is 6.00. The molecule has 1 atom stereocenters. The van der Waals surface area contributed by atoms with Gasteiger partial charge >= 0.3 is 5.97 Å². The number of hydrogen-bond donors (Lipinski definition) is 2. The summed E-state index contributed by atoms with van der Waals surface area (Å²) in [6.07, 6.45) is 1.87. The third kappa shape index (κ3) is 3.63. The van der Waals surface area contributed by atoms with E-state index < -0.39 is 12.0 Å². The van der Waals surface area contributed by atoms with E-state index in [0.29, 0.717) is 10.8 Å². The highest BCUT2D eigenvalue weighted by Gasteiger charge is 2.32. The van der Waals surface area contributed by atoms with Crippen molar-refractivity contribution in [2.75, 3.05) is 7.11 Å². The predicted molar refractivity (Wildman–Crippen MR) is 74.0 cm³/mol. The third-order valence-electron chi connectivity index (χ3n) is 3.22. The lowest BCUT2D eigenvalue weighted by atomic mass is 10.1. The van der Waals surface area contributed by atoms with Gasteiger partial charge in [0.05, 0.1) is 12.1 Å². The minimum atomic E-state index is -1.05. The number of halogens is 1. The number of benzene rings is 1. The van der Waals surface area contributed by atoms with Crippen LogP contribution in [0.5, 0.6) is 5.75 Å². The third-order valence-corrected chi connectivity index (χ3v) is 3.51. The van der Waals surface area contributed by atoms with Gasteiger partial charge < -0.3 is 15.2 Å². The van der Waals surface area contributed by atoms with Crippen LogP contribution in [0.1, 0.15) is 18.4 Å². The summed E-state index contributed by atoms with van der Waals surface area (Å²) in [7, 11) is 1.51. The molecule has 0 radical (unpaired) electrons. The van der Waals surface area contributed by atoms with Crippen LogP contribution in [0.25, 0.3) is 0 Å². The summed E-state index contributed by atoms with van der Waals surface area (Å²) < 4.78 is 5.04. The van der Waals surface area contributed by atoms with E-state index in [2.05, 4.69) is 5.32 Å². The predicted octanol–water partition coefficient (Wildman–Crippen LogP) is 1.87. The van der Waals surface area contributed by atoms with Crippen molar-refractivity contribution in [3.8, 4) is 5.75 Å². The lowest BCUT2D eigenvalue weighted by Gasteiger charge is -2.15. The molecule has 0 saturated heterocycles. The minimum Gasteiger partial charge on any atom is -0.495 e. The lowest BCUT2D eigenvalue weighted by Crippen LogP contribution is -2.43. The van der Waals surface area contributed by atoms with Gasteiger partial charge in [-0.15, -0.1) is 0 Å². The van der Waals surface area contributed by atoms with Crippen LogP contribution < -0.4 is 10.1 Å². The molecule has 2 rings (SSSR count). The minimum absolute atomic E-state index is 0.0173. The van der Waals surface area contributed by atoms with E-state index >= 15 is 0 Å². The molecule has 0 spiro atoms. The Balaban J connectivity index is 2.05. The zero-order chi connectivity index (χ0) is 14.7. The fraction of sp³-hybridized carbons (Fsp3) is 0.429. The number of carboxylic acid groups (broad SMARTS) is 1. The van der Waals surface area contributed by atoms with E-state index in [1.54, 1.807) is 18.2 Å². The molecule has 0 unspecified atom stereocenters. The number of nitrogens with one attached hydrogen (secondary N) is 1. The van der Waals surface area contributed by atoms with Crippen LogP contribution in [0.3, 0.4) is 0 Å². The molecule has 1 saturated carbocycles. The highest BCUT2D eigenvalue weighted by Crippen LogP contribution is 2.29. The van der Waals surface area contributed by atoms with Gasteiger partial charge in [-0.3, -0.25) is 4.79 Å². The molecule has 108 valence electrons. The summed E-state index contributed by atoms with van der Waals surface area (Å²) in [5, 5.41) is 12.2. The highest BCUT2D eigenvalue weighted by molar-refractivity contribution is 6.32. The van der Waals surface area contributed by atoms with Crippen LogP contribution in [-0.2, 0) is 16.0 Å². The van der Waals surface area contributed by atoms with Crippen LogP contribution in [0.4, 0.5) is 0 Å². The van der Waals surface area contributed by atoms with Gasteiger partial charge in [-0.1, -0.05) is 17.7 Å². The van der Waals surface area contributed by atoms with Crippen LogP contribution in [0, 0.1) is 5.92 Å². The van der Waals surface area contributed by atoms with Gasteiger partial charge in [-0.25, -0.2) is 4.79 Å². The van der Waals surface area contributed by atoms with Gasteiger partial charge in [0.25, 0.3) is 0 Å². The number of carbonyl (C=O) groups is 2. The van der Waals surface area contributed by atoms with Gasteiger partial charge in [0.2, 0.25) is 5.91 Å². The van der Waals surface area contributed by atoms with Crippen LogP contribution in [0.2, 0.25) is 5.02 Å². The van der Waals surface area contributed by atoms with E-state index in [9.17, 15) is 14.7 Å². The Morgan fingerprint density at radius 1 is 1.50 bits per heavy atom. The zero-order valence-electron chi connectivity index (χ0n) is 11.1. The van der Waals surface area contributed by atoms with Crippen molar-refractivity contribution in [1.82, 2.24) is 5.32 Å². The summed E-state index contributed by atoms with van der Waals surface area (Å²) in [5.74, 6) is -0.719. The van der Waals surface area contributed by atoms with Crippen molar-refractivity contribution in [2.45, 2.75) is 25.3 Å². The Bertz CT molecular complexity index is 528. The number of rotatable bonds is 6. The van der Waals surface area contributed by atoms with Crippen molar-refractivity contribution in [3.05, 3.63) is 28.8 Å². The van der Waals surface area contributed by atoms with Crippen molar-refractivity contribution in [2.24, 2.45) is 5.92 Å². The second kappa shape index (κ2) is 6.13. The number of ether oxygens (including phenoxy) is 1. The maximum atomic E-state index is 11.7. The van der Waals surface area contributed by atoms with Crippen molar-refractivity contribution in [1.29, 1.82) is 0 Å². The van der Waals surface area contributed by atoms with Gasteiger partial charge in [-0.2, -0.15) is 0 Å². The molecule has 1 aliphatic carbocycles. The van der Waals surface area contributed by atoms with Crippen LogP contribution >= 0.6 is 11.6 Å². The van der Waals surface area contributed by atoms with Crippen LogP contribution in [-0.4, -0.2) is 30.1 Å². The fourth-order valence-electron chi connectivity index (χ4n) is 1.91. The van der Waals surface area contributed by atoms with E-state index in [1.165, 1.54) is 7.11 Å². The second-order valence-electron chi connectivity index (χ2n) is 4.85. The van der Waals surface area contributed by atoms with E-state index in [1.807, 2.05) is 0 Å². The molecule has 1 fully saturated rings. The number of hydrogen-bond acceptors (Lipinski definition) is 3. The molecule has 2 N–H and O–H groups in total. The highest BCUT2D eigenvalue weighted by atomic mass is 35.5. The lowest BCUT2D eigenvalue weighted by molar-refractivity contribution is -0.142. The maximum Gasteiger partial charge on any atom is 0.326 e. The summed E-state index contributed by atoms with van der Waals surface area (Å²) in [6, 6.07) is 4.13. The fourth-order valence-corrected chi connectivity index (χ4v) is 2.19. The molecule has 6 heteroatoms. The van der Waals surface area contributed by atoms with Crippen LogP contribution in [0.15, 0.2) is 18.2 Å². The molecule has 20 heavy (non-hydrogen) atoms. The number of aliphatic carboxylic acids is 1. The zero-order valence-corrected chi connectivity index (χ0v) is 11.8. The number of amides is 1. The van der Waals surface area contributed by atoms with Gasteiger partial charge in [0, 0.05) is 12.3 Å². The smallest absolute Gasteiger partial charge is 0.326 e. The monoisotopic (exact) mass is 297 g/mol. The summed E-state index contributed by atoms with van der Waals surface area (Å²) in [4.78, 5) is 22.9. The van der Waals surface area contributed by atoms with E-state index in [0.717, 1.165) is 18.4 Å². The molecule has 0 heterocycles. The molecular weight excluding hydrogens is 282 g/mol. The molecule has 0 aromatic heterocycles. The standard InChI is InChI=1S/C14H16ClNO4/c1-20-12-5-2-8(6-10(12)15)7-11(14(18)19)16-13(17)9-3-4-9/h2,5-6,9,11H,3-4,7H2,1H3,(H,16,17)(H,18,19)/t11-/m1/s1. The largest absolute Gasteiger partial charge is 0.495 e. The topological polar surface area (TPSA) is 75.6 Å². The first kappa shape index (κ1) is 14.7. The Labute approximate surface area is 121 Å². The van der Waals surface area contributed by atoms with E-state index in [-0.39, 0.29) is 18.2 Å². The van der Waals surface area contributed by atoms with Crippen molar-refractivity contribution in [3.63, 3.8) is 0 Å². The van der Waals surface area contributed by atoms with Gasteiger partial charge in [0.1, 0.15) is 11.8 Å². The van der Waals surface area contributed by atoms with Gasteiger partial charge in [-0.05, 0) is 30.5 Å². The molecule has 0 bridgehead atoms. The number of carbonyl (C=O) groups excluding carboxylic acids is 1. The molecule has 1 aromatic rings. The SMILES string of the molecule is COc1ccc(C[C@@H](NC(=O)C2CC2)C(=O)O)cc1Cl. The first-order valence-electron chi connectivity index (χ1n) is 6.37. The molecule has 1 aliphatic rings. The maximum absolute atomic E-state index is 11.7. The first-order chi connectivity index (χ1) is 9.51. The van der Waals surface area contributed by atoms with Crippen molar-refractivity contribution >= 4 is 23.5 Å². The Morgan fingerprint density at radius 3 is 2.70 bits per heavy atom.